The molecular weight excluding hydrogens is 272 g/mol. The van der Waals surface area contributed by atoms with Crippen LogP contribution in [0.5, 0.6) is 0 Å². The van der Waals surface area contributed by atoms with E-state index in [0.29, 0.717) is 10.0 Å². The zero-order chi connectivity index (χ0) is 12.1. The highest BCUT2D eigenvalue weighted by Gasteiger charge is 2.20. The van der Waals surface area contributed by atoms with Gasteiger partial charge in [0, 0.05) is 24.5 Å². The molecule has 1 rings (SSSR count). The Morgan fingerprint density at radius 3 is 2.50 bits per heavy atom. The van der Waals surface area contributed by atoms with Gasteiger partial charge in [-0.15, -0.1) is 0 Å². The van der Waals surface area contributed by atoms with Crippen LogP contribution in [0.2, 0.25) is 0 Å². The van der Waals surface area contributed by atoms with Gasteiger partial charge in [0.2, 0.25) is 5.91 Å². The summed E-state index contributed by atoms with van der Waals surface area (Å²) in [6, 6.07) is 6.98. The first-order chi connectivity index (χ1) is 7.57. The monoisotopic (exact) mass is 284 g/mol. The first-order valence-corrected chi connectivity index (χ1v) is 5.64. The highest BCUT2D eigenvalue weighted by atomic mass is 79.9. The third-order valence-corrected chi connectivity index (χ3v) is 2.77. The van der Waals surface area contributed by atoms with E-state index in [0.717, 1.165) is 4.90 Å². The fourth-order valence-corrected chi connectivity index (χ4v) is 1.77. The first-order valence-electron chi connectivity index (χ1n) is 4.85. The molecule has 0 aliphatic rings. The van der Waals surface area contributed by atoms with E-state index in [2.05, 4.69) is 15.9 Å². The minimum absolute atomic E-state index is 0.232. The first kappa shape index (κ1) is 12.9. The summed E-state index contributed by atoms with van der Waals surface area (Å²) in [5.74, 6) is -0.628. The summed E-state index contributed by atoms with van der Waals surface area (Å²) in [6.45, 7) is 1.84. The predicted octanol–water partition coefficient (Wildman–Crippen LogP) is 1.40. The van der Waals surface area contributed by atoms with Crippen molar-refractivity contribution in [3.63, 3.8) is 0 Å². The van der Waals surface area contributed by atoms with E-state index in [1.165, 1.54) is 6.92 Å². The van der Waals surface area contributed by atoms with Crippen molar-refractivity contribution in [2.75, 3.05) is 13.1 Å². The van der Waals surface area contributed by atoms with Crippen LogP contribution in [0.15, 0.2) is 28.7 Å². The maximum atomic E-state index is 12.0. The largest absolute Gasteiger partial charge is 0.329 e. The van der Waals surface area contributed by atoms with Gasteiger partial charge in [-0.2, -0.15) is 0 Å². The van der Waals surface area contributed by atoms with Gasteiger partial charge in [-0.25, -0.2) is 0 Å². The zero-order valence-corrected chi connectivity index (χ0v) is 10.5. The van der Waals surface area contributed by atoms with Crippen molar-refractivity contribution in [3.8, 4) is 0 Å². The Balaban J connectivity index is 2.99. The van der Waals surface area contributed by atoms with E-state index in [-0.39, 0.29) is 24.9 Å². The molecular formula is C11H13BrN2O2. The lowest BCUT2D eigenvalue weighted by molar-refractivity contribution is -0.126. The van der Waals surface area contributed by atoms with Gasteiger partial charge in [0.15, 0.2) is 0 Å². The summed E-state index contributed by atoms with van der Waals surface area (Å²) in [6.07, 6.45) is 0. The van der Waals surface area contributed by atoms with Gasteiger partial charge in [-0.05, 0) is 28.1 Å². The summed E-state index contributed by atoms with van der Waals surface area (Å²) in [5, 5.41) is 0. The van der Waals surface area contributed by atoms with Crippen molar-refractivity contribution in [1.82, 2.24) is 4.90 Å². The standard InChI is InChI=1S/C11H13BrN2O2/c1-8(15)14(7-6-13)11(16)9-4-2-3-5-10(9)12/h2-5H,6-7,13H2,1H3. The molecule has 0 fully saturated rings. The minimum atomic E-state index is -0.328. The lowest BCUT2D eigenvalue weighted by Crippen LogP contribution is -2.39. The molecule has 0 aromatic heterocycles. The van der Waals surface area contributed by atoms with Crippen LogP contribution in [0, 0.1) is 0 Å². The third kappa shape index (κ3) is 2.90. The molecule has 5 heteroatoms. The second kappa shape index (κ2) is 5.77. The Labute approximate surface area is 103 Å². The highest BCUT2D eigenvalue weighted by Crippen LogP contribution is 2.17. The van der Waals surface area contributed by atoms with E-state index in [1.807, 2.05) is 6.07 Å². The number of imide groups is 1. The lowest BCUT2D eigenvalue weighted by Gasteiger charge is -2.18. The topological polar surface area (TPSA) is 63.4 Å². The number of hydrogen-bond acceptors (Lipinski definition) is 3. The molecule has 0 aliphatic carbocycles. The van der Waals surface area contributed by atoms with Crippen LogP contribution in [-0.4, -0.2) is 29.8 Å². The average molecular weight is 285 g/mol. The molecule has 1 aromatic rings. The Morgan fingerprint density at radius 1 is 1.38 bits per heavy atom. The minimum Gasteiger partial charge on any atom is -0.329 e. The average Bonchev–Trinajstić information content (AvgIpc) is 2.25. The second-order valence-electron chi connectivity index (χ2n) is 3.24. The fraction of sp³-hybridized carbons (Fsp3) is 0.273. The zero-order valence-electron chi connectivity index (χ0n) is 8.94. The molecule has 2 amide bonds. The Kier molecular flexibility index (Phi) is 4.64. The van der Waals surface area contributed by atoms with Gasteiger partial charge in [-0.1, -0.05) is 12.1 Å². The molecule has 0 heterocycles. The number of carbonyl (C=O) groups is 2. The molecule has 0 atom stereocenters. The summed E-state index contributed by atoms with van der Waals surface area (Å²) < 4.78 is 0.670. The van der Waals surface area contributed by atoms with E-state index < -0.39 is 0 Å². The molecule has 0 saturated heterocycles. The molecule has 0 bridgehead atoms. The molecule has 86 valence electrons. The summed E-state index contributed by atoms with van der Waals surface area (Å²) in [7, 11) is 0. The van der Waals surface area contributed by atoms with Gasteiger partial charge in [-0.3, -0.25) is 14.5 Å². The number of benzene rings is 1. The van der Waals surface area contributed by atoms with Crippen LogP contribution in [0.4, 0.5) is 0 Å². The van der Waals surface area contributed by atoms with Crippen LogP contribution in [0.3, 0.4) is 0 Å². The maximum Gasteiger partial charge on any atom is 0.261 e. The quantitative estimate of drug-likeness (QED) is 0.913. The van der Waals surface area contributed by atoms with Crippen molar-refractivity contribution in [3.05, 3.63) is 34.3 Å². The number of halogens is 1. The molecule has 2 N–H and O–H groups in total. The fourth-order valence-electron chi connectivity index (χ4n) is 1.31. The van der Waals surface area contributed by atoms with E-state index in [4.69, 9.17) is 5.73 Å². The molecule has 0 aliphatic heterocycles. The highest BCUT2D eigenvalue weighted by molar-refractivity contribution is 9.10. The van der Waals surface area contributed by atoms with E-state index in [9.17, 15) is 9.59 Å². The van der Waals surface area contributed by atoms with Gasteiger partial charge in [0.25, 0.3) is 5.91 Å². The van der Waals surface area contributed by atoms with Crippen LogP contribution in [0.25, 0.3) is 0 Å². The van der Waals surface area contributed by atoms with Crippen molar-refractivity contribution in [2.24, 2.45) is 5.73 Å². The van der Waals surface area contributed by atoms with Gasteiger partial charge < -0.3 is 5.73 Å². The Bertz CT molecular complexity index is 407. The molecule has 1 aromatic carbocycles. The third-order valence-electron chi connectivity index (χ3n) is 2.08. The van der Waals surface area contributed by atoms with Crippen LogP contribution < -0.4 is 5.73 Å². The van der Waals surface area contributed by atoms with Gasteiger partial charge >= 0.3 is 0 Å². The van der Waals surface area contributed by atoms with Gasteiger partial charge in [0.05, 0.1) is 5.56 Å². The molecule has 0 saturated carbocycles. The lowest BCUT2D eigenvalue weighted by atomic mass is 10.2. The van der Waals surface area contributed by atoms with Crippen molar-refractivity contribution < 1.29 is 9.59 Å². The Hall–Kier alpha value is -1.20. The number of nitrogens with zero attached hydrogens (tertiary/aromatic N) is 1. The van der Waals surface area contributed by atoms with Crippen LogP contribution in [-0.2, 0) is 4.79 Å². The smallest absolute Gasteiger partial charge is 0.261 e. The molecule has 4 nitrogen and oxygen atoms in total. The van der Waals surface area contributed by atoms with Crippen LogP contribution in [0.1, 0.15) is 17.3 Å². The predicted molar refractivity (Wildman–Crippen MR) is 64.9 cm³/mol. The number of nitrogens with two attached hydrogens (primary N) is 1. The Morgan fingerprint density at radius 2 is 2.00 bits per heavy atom. The molecule has 0 unspecified atom stereocenters. The van der Waals surface area contributed by atoms with Crippen molar-refractivity contribution in [1.29, 1.82) is 0 Å². The number of amides is 2. The van der Waals surface area contributed by atoms with Crippen molar-refractivity contribution in [2.45, 2.75) is 6.92 Å². The SMILES string of the molecule is CC(=O)N(CCN)C(=O)c1ccccc1Br. The second-order valence-corrected chi connectivity index (χ2v) is 4.10. The van der Waals surface area contributed by atoms with Gasteiger partial charge in [0.1, 0.15) is 0 Å². The van der Waals surface area contributed by atoms with E-state index >= 15 is 0 Å². The normalized spacial score (nSPS) is 9.94. The number of hydrogen-bond donors (Lipinski definition) is 1. The molecule has 0 radical (unpaired) electrons. The summed E-state index contributed by atoms with van der Waals surface area (Å²) >= 11 is 3.28. The molecule has 0 spiro atoms. The maximum absolute atomic E-state index is 12.0. The summed E-state index contributed by atoms with van der Waals surface area (Å²) in [5.41, 5.74) is 5.83. The van der Waals surface area contributed by atoms with Crippen LogP contribution >= 0.6 is 15.9 Å². The number of carbonyl (C=O) groups excluding carboxylic acids is 2. The number of rotatable bonds is 3. The summed E-state index contributed by atoms with van der Waals surface area (Å²) in [4.78, 5) is 24.4. The van der Waals surface area contributed by atoms with Crippen molar-refractivity contribution >= 4 is 27.7 Å². The van der Waals surface area contributed by atoms with E-state index in [1.54, 1.807) is 18.2 Å². The molecule has 16 heavy (non-hydrogen) atoms.